The normalized spacial score (nSPS) is 18.3. The van der Waals surface area contributed by atoms with Gasteiger partial charge >= 0.3 is 0 Å². The van der Waals surface area contributed by atoms with Crippen LogP contribution in [0.5, 0.6) is 0 Å². The van der Waals surface area contributed by atoms with Gasteiger partial charge in [0.1, 0.15) is 11.8 Å². The zero-order valence-corrected chi connectivity index (χ0v) is 22.0. The zero-order valence-electron chi connectivity index (χ0n) is 21.3. The maximum atomic E-state index is 11.0. The predicted molar refractivity (Wildman–Crippen MR) is 147 cm³/mol. The average Bonchev–Trinajstić information content (AvgIpc) is 3.71. The van der Waals surface area contributed by atoms with Crippen LogP contribution in [0, 0.1) is 17.2 Å². The minimum absolute atomic E-state index is 0.0830. The van der Waals surface area contributed by atoms with Crippen molar-refractivity contribution in [2.45, 2.75) is 50.8 Å². The molecule has 1 saturated carbocycles. The lowest BCUT2D eigenvalue weighted by molar-refractivity contribution is 0.0566. The van der Waals surface area contributed by atoms with Crippen molar-refractivity contribution in [1.82, 2.24) is 24.3 Å². The number of fused-ring (bicyclic) bond motifs is 1. The fourth-order valence-corrected chi connectivity index (χ4v) is 5.66. The SMILES string of the molecule is C[C@H](Nc1ncc(C#N)c(-c2cnc3c(Cl)cccn23)n1)c1ccc(C(O)C2CCN(C3CC3)CC2)cc1. The van der Waals surface area contributed by atoms with Crippen LogP contribution >= 0.6 is 11.6 Å². The second-order valence-corrected chi connectivity index (χ2v) is 10.8. The highest BCUT2D eigenvalue weighted by Crippen LogP contribution is 2.36. The molecule has 9 heteroatoms. The topological polar surface area (TPSA) is 102 Å². The molecule has 1 unspecified atom stereocenters. The van der Waals surface area contributed by atoms with E-state index in [0.717, 1.165) is 43.1 Å². The summed E-state index contributed by atoms with van der Waals surface area (Å²) in [5, 5.41) is 24.6. The zero-order chi connectivity index (χ0) is 26.2. The van der Waals surface area contributed by atoms with Gasteiger partial charge in [-0.1, -0.05) is 35.9 Å². The maximum absolute atomic E-state index is 11.0. The number of benzene rings is 1. The van der Waals surface area contributed by atoms with Crippen LogP contribution in [0.1, 0.15) is 61.4 Å². The molecule has 4 aromatic rings. The molecular formula is C29H30ClN7O. The molecule has 1 saturated heterocycles. The largest absolute Gasteiger partial charge is 0.388 e. The molecule has 4 heterocycles. The number of halogens is 1. The first-order chi connectivity index (χ1) is 18.5. The number of likely N-dealkylation sites (tertiary alicyclic amines) is 1. The van der Waals surface area contributed by atoms with Crippen molar-refractivity contribution >= 4 is 23.2 Å². The van der Waals surface area contributed by atoms with Crippen LogP contribution in [0.2, 0.25) is 5.02 Å². The first-order valence-electron chi connectivity index (χ1n) is 13.2. The van der Waals surface area contributed by atoms with Gasteiger partial charge < -0.3 is 15.3 Å². The number of piperidine rings is 1. The number of pyridine rings is 1. The molecule has 6 rings (SSSR count). The number of hydrogen-bond acceptors (Lipinski definition) is 7. The molecule has 2 atom stereocenters. The number of aromatic nitrogens is 4. The number of rotatable bonds is 7. The van der Waals surface area contributed by atoms with Gasteiger partial charge in [0.2, 0.25) is 5.95 Å². The van der Waals surface area contributed by atoms with Gasteiger partial charge in [0.15, 0.2) is 5.65 Å². The van der Waals surface area contributed by atoms with Gasteiger partial charge in [-0.25, -0.2) is 15.0 Å². The summed E-state index contributed by atoms with van der Waals surface area (Å²) in [6.45, 7) is 4.23. The summed E-state index contributed by atoms with van der Waals surface area (Å²) in [6.07, 6.45) is 9.37. The molecule has 2 aliphatic rings. The van der Waals surface area contributed by atoms with Gasteiger partial charge in [0, 0.05) is 12.2 Å². The lowest BCUT2D eigenvalue weighted by Gasteiger charge is -2.34. The van der Waals surface area contributed by atoms with E-state index < -0.39 is 6.10 Å². The molecule has 0 amide bonds. The summed E-state index contributed by atoms with van der Waals surface area (Å²) >= 11 is 6.28. The number of nitriles is 1. The minimum atomic E-state index is -0.433. The molecule has 2 fully saturated rings. The lowest BCUT2D eigenvalue weighted by atomic mass is 9.87. The summed E-state index contributed by atoms with van der Waals surface area (Å²) in [5.74, 6) is 0.724. The number of aliphatic hydroxyl groups is 1. The van der Waals surface area contributed by atoms with E-state index in [9.17, 15) is 10.4 Å². The second kappa shape index (κ2) is 10.3. The Morgan fingerprint density at radius 1 is 1.05 bits per heavy atom. The van der Waals surface area contributed by atoms with Crippen LogP contribution < -0.4 is 5.32 Å². The van der Waals surface area contributed by atoms with Crippen molar-refractivity contribution in [3.8, 4) is 17.5 Å². The van der Waals surface area contributed by atoms with Gasteiger partial charge in [0.25, 0.3) is 0 Å². The molecular weight excluding hydrogens is 498 g/mol. The molecule has 0 radical (unpaired) electrons. The van der Waals surface area contributed by atoms with Gasteiger partial charge in [-0.15, -0.1) is 0 Å². The van der Waals surface area contributed by atoms with Crippen LogP contribution in [-0.2, 0) is 0 Å². The third-order valence-electron chi connectivity index (χ3n) is 7.85. The van der Waals surface area contributed by atoms with E-state index in [1.165, 1.54) is 19.0 Å². The molecule has 2 N–H and O–H groups in total. The van der Waals surface area contributed by atoms with Gasteiger partial charge in [-0.3, -0.25) is 4.40 Å². The van der Waals surface area contributed by atoms with E-state index in [1.807, 2.05) is 47.9 Å². The van der Waals surface area contributed by atoms with Crippen molar-refractivity contribution in [2.75, 3.05) is 18.4 Å². The Labute approximate surface area is 226 Å². The highest BCUT2D eigenvalue weighted by atomic mass is 35.5. The fourth-order valence-electron chi connectivity index (χ4n) is 5.45. The molecule has 194 valence electrons. The van der Waals surface area contributed by atoms with Crippen molar-refractivity contribution < 1.29 is 5.11 Å². The number of aliphatic hydroxyl groups excluding tert-OH is 1. The van der Waals surface area contributed by atoms with Crippen LogP contribution in [0.4, 0.5) is 5.95 Å². The molecule has 1 aliphatic carbocycles. The fraction of sp³-hybridized carbons (Fsp3) is 0.379. The smallest absolute Gasteiger partial charge is 0.223 e. The van der Waals surface area contributed by atoms with Crippen molar-refractivity contribution in [3.05, 3.63) is 76.7 Å². The number of nitrogens with zero attached hydrogens (tertiary/aromatic N) is 6. The molecule has 3 aromatic heterocycles. The number of hydrogen-bond donors (Lipinski definition) is 2. The summed E-state index contributed by atoms with van der Waals surface area (Å²) in [7, 11) is 0. The van der Waals surface area contributed by atoms with Gasteiger partial charge in [-0.2, -0.15) is 5.26 Å². The summed E-state index contributed by atoms with van der Waals surface area (Å²) in [6, 6.07) is 14.6. The molecule has 1 aromatic carbocycles. The Morgan fingerprint density at radius 3 is 2.50 bits per heavy atom. The van der Waals surface area contributed by atoms with E-state index in [2.05, 4.69) is 31.2 Å². The first kappa shape index (κ1) is 24.8. The number of anilines is 1. The predicted octanol–water partition coefficient (Wildman–Crippen LogP) is 5.40. The second-order valence-electron chi connectivity index (χ2n) is 10.3. The Morgan fingerprint density at radius 2 is 1.79 bits per heavy atom. The summed E-state index contributed by atoms with van der Waals surface area (Å²) in [5.41, 5.74) is 4.13. The molecule has 38 heavy (non-hydrogen) atoms. The van der Waals surface area contributed by atoms with Crippen molar-refractivity contribution in [2.24, 2.45) is 5.92 Å². The third kappa shape index (κ3) is 4.85. The number of imidazole rings is 1. The number of nitrogens with one attached hydrogen (secondary N) is 1. The lowest BCUT2D eigenvalue weighted by Crippen LogP contribution is -2.37. The molecule has 8 nitrogen and oxygen atoms in total. The van der Waals surface area contributed by atoms with Crippen molar-refractivity contribution in [3.63, 3.8) is 0 Å². The Kier molecular flexibility index (Phi) is 6.75. The van der Waals surface area contributed by atoms with E-state index in [0.29, 0.717) is 39.5 Å². The van der Waals surface area contributed by atoms with E-state index in [-0.39, 0.29) is 6.04 Å². The van der Waals surface area contributed by atoms with Crippen LogP contribution in [0.15, 0.2) is 55.0 Å². The first-order valence-corrected chi connectivity index (χ1v) is 13.6. The maximum Gasteiger partial charge on any atom is 0.223 e. The van der Waals surface area contributed by atoms with Crippen molar-refractivity contribution in [1.29, 1.82) is 5.26 Å². The van der Waals surface area contributed by atoms with Crippen LogP contribution in [0.3, 0.4) is 0 Å². The van der Waals surface area contributed by atoms with Gasteiger partial charge in [0.05, 0.1) is 40.8 Å². The summed E-state index contributed by atoms with van der Waals surface area (Å²) < 4.78 is 1.82. The van der Waals surface area contributed by atoms with E-state index >= 15 is 0 Å². The van der Waals surface area contributed by atoms with Crippen LogP contribution in [-0.4, -0.2) is 48.5 Å². The quantitative estimate of drug-likeness (QED) is 0.332. The Balaban J connectivity index is 1.16. The Bertz CT molecular complexity index is 1480. The molecule has 1 aliphatic heterocycles. The molecule has 0 bridgehead atoms. The highest BCUT2D eigenvalue weighted by Gasteiger charge is 2.34. The summed E-state index contributed by atoms with van der Waals surface area (Å²) in [4.78, 5) is 16.0. The molecule has 0 spiro atoms. The Hall–Kier alpha value is -3.51. The van der Waals surface area contributed by atoms with E-state index in [4.69, 9.17) is 11.6 Å². The third-order valence-corrected chi connectivity index (χ3v) is 8.14. The minimum Gasteiger partial charge on any atom is -0.388 e. The van der Waals surface area contributed by atoms with Crippen LogP contribution in [0.25, 0.3) is 17.0 Å². The van der Waals surface area contributed by atoms with Gasteiger partial charge in [-0.05, 0) is 74.9 Å². The van der Waals surface area contributed by atoms with E-state index in [1.54, 1.807) is 12.3 Å². The highest BCUT2D eigenvalue weighted by molar-refractivity contribution is 6.33. The standard InChI is InChI=1S/C29H30ClN7O/c1-18(19-4-6-20(7-5-19)27(38)21-10-13-36(14-11-21)23-8-9-23)34-29-33-16-22(15-31)26(35-29)25-17-32-28-24(30)3-2-12-37(25)28/h2-7,12,16-18,21,23,27,38H,8-11,13-14H2,1H3,(H,33,34,35)/t18-,27?/m0/s1. The monoisotopic (exact) mass is 527 g/mol. The average molecular weight is 528 g/mol.